The fourth-order valence-corrected chi connectivity index (χ4v) is 2.68. The number of aromatic nitrogens is 2. The molecule has 1 aliphatic rings. The van der Waals surface area contributed by atoms with Crippen molar-refractivity contribution in [3.63, 3.8) is 0 Å². The Morgan fingerprint density at radius 1 is 1.28 bits per heavy atom. The van der Waals surface area contributed by atoms with E-state index in [0.717, 1.165) is 25.0 Å². The normalized spacial score (nSPS) is 14.2. The number of rotatable bonds is 6. The SMILES string of the molecule is CCCCC(O)Nc1nc(-c2c(F)cccc2F)nc2c1C(=O)NC2. The third-order valence-electron chi connectivity index (χ3n) is 3.95. The van der Waals surface area contributed by atoms with Gasteiger partial charge in [-0.05, 0) is 25.0 Å². The molecule has 1 aromatic carbocycles. The Bertz CT molecular complexity index is 793. The molecule has 2 heterocycles. The summed E-state index contributed by atoms with van der Waals surface area (Å²) in [5.74, 6) is -2.08. The molecule has 3 N–H and O–H groups in total. The van der Waals surface area contributed by atoms with Crippen molar-refractivity contribution >= 4 is 11.7 Å². The fourth-order valence-electron chi connectivity index (χ4n) is 2.68. The lowest BCUT2D eigenvalue weighted by atomic mass is 10.1. The van der Waals surface area contributed by atoms with Crippen molar-refractivity contribution in [3.05, 3.63) is 41.1 Å². The number of unbranched alkanes of at least 4 members (excludes halogenated alkanes) is 1. The fraction of sp³-hybridized carbons (Fsp3) is 0.353. The molecule has 1 atom stereocenters. The first kappa shape index (κ1) is 17.2. The van der Waals surface area contributed by atoms with Gasteiger partial charge in [-0.1, -0.05) is 19.4 Å². The number of amides is 1. The number of anilines is 1. The molecular weight excluding hydrogens is 330 g/mol. The molecule has 0 fully saturated rings. The Balaban J connectivity index is 2.05. The minimum Gasteiger partial charge on any atom is -0.374 e. The van der Waals surface area contributed by atoms with Crippen molar-refractivity contribution < 1.29 is 18.7 Å². The van der Waals surface area contributed by atoms with Gasteiger partial charge in [0.2, 0.25) is 0 Å². The van der Waals surface area contributed by atoms with Gasteiger partial charge in [-0.3, -0.25) is 4.79 Å². The molecule has 0 bridgehead atoms. The van der Waals surface area contributed by atoms with Gasteiger partial charge in [0.25, 0.3) is 5.91 Å². The summed E-state index contributed by atoms with van der Waals surface area (Å²) in [6, 6.07) is 3.48. The molecule has 132 valence electrons. The van der Waals surface area contributed by atoms with E-state index in [0.29, 0.717) is 12.1 Å². The van der Waals surface area contributed by atoms with Crippen LogP contribution in [0.5, 0.6) is 0 Å². The van der Waals surface area contributed by atoms with E-state index in [1.807, 2.05) is 6.92 Å². The van der Waals surface area contributed by atoms with Crippen molar-refractivity contribution in [2.45, 2.75) is 39.0 Å². The van der Waals surface area contributed by atoms with Gasteiger partial charge in [0.15, 0.2) is 5.82 Å². The molecule has 1 aromatic heterocycles. The lowest BCUT2D eigenvalue weighted by molar-refractivity contribution is 0.0966. The second-order valence-electron chi connectivity index (χ2n) is 5.80. The zero-order valence-corrected chi connectivity index (χ0v) is 13.6. The van der Waals surface area contributed by atoms with Gasteiger partial charge >= 0.3 is 0 Å². The Kier molecular flexibility index (Phi) is 4.89. The molecule has 0 radical (unpaired) electrons. The average Bonchev–Trinajstić information content (AvgIpc) is 2.94. The first-order valence-corrected chi connectivity index (χ1v) is 8.09. The number of halogens is 2. The van der Waals surface area contributed by atoms with Crippen molar-refractivity contribution in [1.82, 2.24) is 15.3 Å². The van der Waals surface area contributed by atoms with Crippen molar-refractivity contribution in [1.29, 1.82) is 0 Å². The van der Waals surface area contributed by atoms with Gasteiger partial charge in [-0.25, -0.2) is 18.7 Å². The quantitative estimate of drug-likeness (QED) is 0.699. The van der Waals surface area contributed by atoms with Crippen LogP contribution in [0.15, 0.2) is 18.2 Å². The number of aliphatic hydroxyl groups is 1. The minimum absolute atomic E-state index is 0.0706. The Morgan fingerprint density at radius 3 is 2.68 bits per heavy atom. The summed E-state index contributed by atoms with van der Waals surface area (Å²) in [6.45, 7) is 2.13. The van der Waals surface area contributed by atoms with E-state index in [1.165, 1.54) is 6.07 Å². The van der Waals surface area contributed by atoms with E-state index in [9.17, 15) is 18.7 Å². The van der Waals surface area contributed by atoms with Crippen molar-refractivity contribution in [2.24, 2.45) is 0 Å². The second-order valence-corrected chi connectivity index (χ2v) is 5.80. The highest BCUT2D eigenvalue weighted by Crippen LogP contribution is 2.29. The number of nitrogens with one attached hydrogen (secondary N) is 2. The summed E-state index contributed by atoms with van der Waals surface area (Å²) in [4.78, 5) is 20.2. The number of hydrogen-bond donors (Lipinski definition) is 3. The number of carbonyl (C=O) groups is 1. The summed E-state index contributed by atoms with van der Waals surface area (Å²) in [5.41, 5.74) is 0.162. The molecule has 25 heavy (non-hydrogen) atoms. The van der Waals surface area contributed by atoms with Crippen LogP contribution in [-0.2, 0) is 6.54 Å². The largest absolute Gasteiger partial charge is 0.374 e. The van der Waals surface area contributed by atoms with Crippen LogP contribution in [0.1, 0.15) is 42.2 Å². The van der Waals surface area contributed by atoms with Gasteiger partial charge in [0.05, 0.1) is 17.8 Å². The van der Waals surface area contributed by atoms with E-state index in [-0.39, 0.29) is 35.2 Å². The second kappa shape index (κ2) is 7.10. The molecule has 0 saturated carbocycles. The van der Waals surface area contributed by atoms with Crippen LogP contribution in [-0.4, -0.2) is 27.2 Å². The van der Waals surface area contributed by atoms with E-state index in [1.54, 1.807) is 0 Å². The molecule has 6 nitrogen and oxygen atoms in total. The third-order valence-corrected chi connectivity index (χ3v) is 3.95. The number of nitrogens with zero attached hydrogens (tertiary/aromatic N) is 2. The molecule has 8 heteroatoms. The topological polar surface area (TPSA) is 87.1 Å². The number of carbonyl (C=O) groups excluding carboxylic acids is 1. The Hall–Kier alpha value is -2.61. The maximum absolute atomic E-state index is 14.1. The molecule has 1 aliphatic heterocycles. The molecule has 0 saturated heterocycles. The first-order valence-electron chi connectivity index (χ1n) is 8.09. The minimum atomic E-state index is -0.925. The zero-order valence-electron chi connectivity index (χ0n) is 13.6. The molecule has 0 aliphatic carbocycles. The van der Waals surface area contributed by atoms with E-state index >= 15 is 0 Å². The predicted octanol–water partition coefficient (Wildman–Crippen LogP) is 2.59. The van der Waals surface area contributed by atoms with Crippen molar-refractivity contribution in [2.75, 3.05) is 5.32 Å². The lowest BCUT2D eigenvalue weighted by Crippen LogP contribution is -2.22. The van der Waals surface area contributed by atoms with E-state index in [4.69, 9.17) is 0 Å². The van der Waals surface area contributed by atoms with Gasteiger partial charge in [-0.2, -0.15) is 0 Å². The van der Waals surface area contributed by atoms with Crippen LogP contribution in [0, 0.1) is 11.6 Å². The van der Waals surface area contributed by atoms with Crippen molar-refractivity contribution in [3.8, 4) is 11.4 Å². The number of hydrogen-bond acceptors (Lipinski definition) is 5. The van der Waals surface area contributed by atoms with Crippen LogP contribution in [0.25, 0.3) is 11.4 Å². The van der Waals surface area contributed by atoms with Gasteiger partial charge in [-0.15, -0.1) is 0 Å². The van der Waals surface area contributed by atoms with E-state index < -0.39 is 17.9 Å². The van der Waals surface area contributed by atoms with Gasteiger partial charge in [0.1, 0.15) is 29.2 Å². The molecule has 1 unspecified atom stereocenters. The zero-order chi connectivity index (χ0) is 18.0. The number of benzene rings is 1. The van der Waals surface area contributed by atoms with Crippen LogP contribution < -0.4 is 10.6 Å². The maximum atomic E-state index is 14.1. The Morgan fingerprint density at radius 2 is 2.00 bits per heavy atom. The van der Waals surface area contributed by atoms with Crippen LogP contribution >= 0.6 is 0 Å². The van der Waals surface area contributed by atoms with Gasteiger partial charge < -0.3 is 15.7 Å². The Labute approximate surface area is 143 Å². The third kappa shape index (κ3) is 3.43. The smallest absolute Gasteiger partial charge is 0.257 e. The maximum Gasteiger partial charge on any atom is 0.257 e. The van der Waals surface area contributed by atoms with Gasteiger partial charge in [0, 0.05) is 0 Å². The predicted molar refractivity (Wildman–Crippen MR) is 87.7 cm³/mol. The summed E-state index contributed by atoms with van der Waals surface area (Å²) >= 11 is 0. The summed E-state index contributed by atoms with van der Waals surface area (Å²) in [6.07, 6.45) is 1.21. The molecular formula is C17H18F2N4O2. The van der Waals surface area contributed by atoms with Crippen LogP contribution in [0.4, 0.5) is 14.6 Å². The number of fused-ring (bicyclic) bond motifs is 1. The highest BCUT2D eigenvalue weighted by Gasteiger charge is 2.28. The number of aliphatic hydroxyl groups excluding tert-OH is 1. The summed E-state index contributed by atoms with van der Waals surface area (Å²) in [5, 5.41) is 15.4. The lowest BCUT2D eigenvalue weighted by Gasteiger charge is -2.16. The molecule has 2 aromatic rings. The summed E-state index contributed by atoms with van der Waals surface area (Å²) in [7, 11) is 0. The highest BCUT2D eigenvalue weighted by atomic mass is 19.1. The molecule has 3 rings (SSSR count). The molecule has 1 amide bonds. The summed E-state index contributed by atoms with van der Waals surface area (Å²) < 4.78 is 28.1. The van der Waals surface area contributed by atoms with Crippen LogP contribution in [0.2, 0.25) is 0 Å². The monoisotopic (exact) mass is 348 g/mol. The van der Waals surface area contributed by atoms with Crippen LogP contribution in [0.3, 0.4) is 0 Å². The highest BCUT2D eigenvalue weighted by molar-refractivity contribution is 6.02. The standard InChI is InChI=1S/C17H18F2N4O2/c1-2-3-7-12(24)22-16-14-11(8-20-17(14)25)21-15(23-16)13-9(18)5-4-6-10(13)19/h4-6,12,24H,2-3,7-8H2,1H3,(H,20,25)(H,21,22,23). The first-order chi connectivity index (χ1) is 12.0. The van der Waals surface area contributed by atoms with E-state index in [2.05, 4.69) is 20.6 Å². The average molecular weight is 348 g/mol. The molecule has 0 spiro atoms.